The Morgan fingerprint density at radius 1 is 1.13 bits per heavy atom. The molecule has 15 heavy (non-hydrogen) atoms. The fraction of sp³-hybridized carbons (Fsp3) is 1.00. The largest absolute Gasteiger partial charge is 0.260 e. The Morgan fingerprint density at radius 3 is 1.87 bits per heavy atom. The molecule has 1 aliphatic carbocycles. The minimum Gasteiger partial charge on any atom is -0.260 e. The van der Waals surface area contributed by atoms with E-state index in [1.165, 1.54) is 0 Å². The molecule has 1 aliphatic heterocycles. The topological polar surface area (TPSA) is 32.7 Å². The van der Waals surface area contributed by atoms with Gasteiger partial charge in [-0.2, -0.15) is 0 Å². The van der Waals surface area contributed by atoms with Crippen molar-refractivity contribution >= 4 is 31.9 Å². The maximum atomic E-state index is 10.7. The van der Waals surface area contributed by atoms with Crippen LogP contribution in [0.5, 0.6) is 0 Å². The lowest BCUT2D eigenvalue weighted by Gasteiger charge is -2.47. The van der Waals surface area contributed by atoms with Gasteiger partial charge >= 0.3 is 0 Å². The van der Waals surface area contributed by atoms with Crippen molar-refractivity contribution in [2.45, 2.75) is 36.3 Å². The number of hydrogen-bond donors (Lipinski definition) is 0. The number of hydrogen-bond acceptors (Lipinski definition) is 2. The highest BCUT2D eigenvalue weighted by molar-refractivity contribution is 9.12. The molecule has 0 aromatic rings. The highest BCUT2D eigenvalue weighted by atomic mass is 79.9. The Balaban J connectivity index is 2.26. The van der Waals surface area contributed by atoms with Crippen LogP contribution in [0.3, 0.4) is 0 Å². The monoisotopic (exact) mass is 338 g/mol. The number of nitroso groups, excluding NO2 is 1. The van der Waals surface area contributed by atoms with E-state index >= 15 is 0 Å². The van der Waals surface area contributed by atoms with Crippen molar-refractivity contribution in [1.82, 2.24) is 5.01 Å². The molecule has 86 valence electrons. The molecule has 3 nitrogen and oxygen atoms in total. The summed E-state index contributed by atoms with van der Waals surface area (Å²) in [5.41, 5.74) is 0.415. The highest BCUT2D eigenvalue weighted by Crippen LogP contribution is 2.57. The summed E-state index contributed by atoms with van der Waals surface area (Å²) in [7, 11) is 0. The number of alkyl halides is 2. The van der Waals surface area contributed by atoms with Crippen LogP contribution in [0.15, 0.2) is 5.29 Å². The van der Waals surface area contributed by atoms with E-state index in [-0.39, 0.29) is 10.8 Å². The first-order valence-electron chi connectivity index (χ1n) is 5.27. The molecular formula is C10H16Br2N2O. The van der Waals surface area contributed by atoms with Crippen molar-refractivity contribution in [3.05, 3.63) is 4.91 Å². The second-order valence-corrected chi connectivity index (χ2v) is 7.82. The minimum absolute atomic E-state index is 0.208. The molecule has 2 aliphatic rings. The van der Waals surface area contributed by atoms with Crippen LogP contribution in [0.25, 0.3) is 0 Å². The van der Waals surface area contributed by atoms with Gasteiger partial charge in [-0.1, -0.05) is 45.7 Å². The highest BCUT2D eigenvalue weighted by Gasteiger charge is 2.56. The normalized spacial score (nSPS) is 50.3. The molecule has 0 radical (unpaired) electrons. The van der Waals surface area contributed by atoms with Crippen LogP contribution in [-0.4, -0.2) is 27.8 Å². The average molecular weight is 340 g/mol. The number of rotatable bonds is 1. The Hall–Kier alpha value is 0.360. The predicted molar refractivity (Wildman–Crippen MR) is 68.2 cm³/mol. The van der Waals surface area contributed by atoms with Crippen molar-refractivity contribution in [1.29, 1.82) is 0 Å². The maximum Gasteiger partial charge on any atom is 0.0524 e. The average Bonchev–Trinajstić information content (AvgIpc) is 2.38. The molecule has 0 spiro atoms. The second-order valence-electron chi connectivity index (χ2n) is 5.47. The van der Waals surface area contributed by atoms with Crippen LogP contribution in [0.2, 0.25) is 0 Å². The van der Waals surface area contributed by atoms with E-state index in [2.05, 4.69) is 51.0 Å². The zero-order valence-electron chi connectivity index (χ0n) is 9.04. The minimum atomic E-state index is 0.208. The van der Waals surface area contributed by atoms with E-state index in [0.29, 0.717) is 9.65 Å². The third kappa shape index (κ3) is 1.75. The van der Waals surface area contributed by atoms with Crippen molar-refractivity contribution < 1.29 is 0 Å². The third-order valence-corrected chi connectivity index (χ3v) is 6.95. The van der Waals surface area contributed by atoms with E-state index in [0.717, 1.165) is 25.9 Å². The lowest BCUT2D eigenvalue weighted by Crippen LogP contribution is -2.46. The number of nitrogens with zero attached hydrogens (tertiary/aromatic N) is 2. The van der Waals surface area contributed by atoms with Gasteiger partial charge in [0.1, 0.15) is 0 Å². The van der Waals surface area contributed by atoms with E-state index in [1.807, 2.05) is 0 Å². The van der Waals surface area contributed by atoms with E-state index in [9.17, 15) is 4.91 Å². The molecule has 1 saturated carbocycles. The van der Waals surface area contributed by atoms with E-state index in [4.69, 9.17) is 0 Å². The van der Waals surface area contributed by atoms with Crippen LogP contribution in [0.1, 0.15) is 26.7 Å². The lowest BCUT2D eigenvalue weighted by molar-refractivity contribution is 0.0826. The summed E-state index contributed by atoms with van der Waals surface area (Å²) in [6.45, 7) is 6.17. The zero-order valence-corrected chi connectivity index (χ0v) is 12.2. The van der Waals surface area contributed by atoms with Gasteiger partial charge in [0.15, 0.2) is 0 Å². The molecule has 0 bridgehead atoms. The fourth-order valence-corrected chi connectivity index (χ4v) is 4.84. The Labute approximate surface area is 107 Å². The summed E-state index contributed by atoms with van der Waals surface area (Å²) in [5.74, 6) is 0. The molecule has 0 amide bonds. The summed E-state index contributed by atoms with van der Waals surface area (Å²) < 4.78 is 0. The summed E-state index contributed by atoms with van der Waals surface area (Å²) in [4.78, 5) is 11.7. The van der Waals surface area contributed by atoms with Gasteiger partial charge in [0, 0.05) is 22.7 Å². The van der Waals surface area contributed by atoms with Crippen LogP contribution < -0.4 is 0 Å². The molecule has 2 fully saturated rings. The fourth-order valence-electron chi connectivity index (χ4n) is 3.04. The molecule has 1 heterocycles. The van der Waals surface area contributed by atoms with E-state index in [1.54, 1.807) is 5.01 Å². The summed E-state index contributed by atoms with van der Waals surface area (Å²) in [5, 5.41) is 4.79. The van der Waals surface area contributed by atoms with Crippen molar-refractivity contribution in [3.8, 4) is 0 Å². The second kappa shape index (κ2) is 3.69. The first kappa shape index (κ1) is 11.8. The Morgan fingerprint density at radius 2 is 1.53 bits per heavy atom. The van der Waals surface area contributed by atoms with Gasteiger partial charge in [0.2, 0.25) is 0 Å². The van der Waals surface area contributed by atoms with Crippen molar-refractivity contribution in [3.63, 3.8) is 0 Å². The smallest absolute Gasteiger partial charge is 0.0524 e. The van der Waals surface area contributed by atoms with Crippen LogP contribution in [-0.2, 0) is 0 Å². The predicted octanol–water partition coefficient (Wildman–Crippen LogP) is 3.32. The van der Waals surface area contributed by atoms with Gasteiger partial charge in [-0.05, 0) is 23.7 Å². The summed E-state index contributed by atoms with van der Waals surface area (Å²) in [6, 6.07) is 0. The number of fused-ring (bicyclic) bond motifs is 1. The van der Waals surface area contributed by atoms with Gasteiger partial charge < -0.3 is 0 Å². The molecular weight excluding hydrogens is 324 g/mol. The van der Waals surface area contributed by atoms with Crippen LogP contribution in [0.4, 0.5) is 0 Å². The van der Waals surface area contributed by atoms with Crippen LogP contribution >= 0.6 is 31.9 Å². The first-order chi connectivity index (χ1) is 6.90. The SMILES string of the molecule is C[C@@]12C[C@@H](Br)[C@H](Br)C[C@]1(C)CN(N=O)C2. The van der Waals surface area contributed by atoms with Crippen LogP contribution in [0, 0.1) is 15.7 Å². The molecule has 1 saturated heterocycles. The Kier molecular flexibility index (Phi) is 2.91. The standard InChI is InChI=1S/C10H16Br2N2O/c1-9-3-7(11)8(12)4-10(9,2)6-14(5-9)13-15/h7-8H,3-6H2,1-2H3/t7-,8-,9-,10+/m1/s1. The third-order valence-electron chi connectivity index (χ3n) is 4.32. The molecule has 2 rings (SSSR count). The van der Waals surface area contributed by atoms with Crippen molar-refractivity contribution in [2.75, 3.05) is 13.1 Å². The van der Waals surface area contributed by atoms with Gasteiger partial charge in [-0.25, -0.2) is 0 Å². The summed E-state index contributed by atoms with van der Waals surface area (Å²) >= 11 is 7.43. The molecule has 0 aromatic carbocycles. The van der Waals surface area contributed by atoms with Gasteiger partial charge in [0.25, 0.3) is 0 Å². The number of halogens is 2. The quantitative estimate of drug-likeness (QED) is 0.542. The first-order valence-corrected chi connectivity index (χ1v) is 7.10. The molecule has 4 atom stereocenters. The molecule has 0 unspecified atom stereocenters. The van der Waals surface area contributed by atoms with Gasteiger partial charge in [-0.3, -0.25) is 5.01 Å². The van der Waals surface area contributed by atoms with Gasteiger partial charge in [-0.15, -0.1) is 4.91 Å². The molecule has 0 aromatic heterocycles. The zero-order chi connectivity index (χ0) is 11.3. The van der Waals surface area contributed by atoms with E-state index < -0.39 is 0 Å². The Bertz CT molecular complexity index is 265. The van der Waals surface area contributed by atoms with Gasteiger partial charge in [0.05, 0.1) is 5.29 Å². The maximum absolute atomic E-state index is 10.7. The summed E-state index contributed by atoms with van der Waals surface area (Å²) in [6.07, 6.45) is 2.21. The van der Waals surface area contributed by atoms with Crippen molar-refractivity contribution in [2.24, 2.45) is 16.1 Å². The molecule has 0 N–H and O–H groups in total. The lowest BCUT2D eigenvalue weighted by atomic mass is 9.60. The molecule has 5 heteroatoms.